The maximum atomic E-state index is 11.9. The predicted molar refractivity (Wildman–Crippen MR) is 62.2 cm³/mol. The Morgan fingerprint density at radius 1 is 1.44 bits per heavy atom. The topological polar surface area (TPSA) is 38.8 Å². The summed E-state index contributed by atoms with van der Waals surface area (Å²) in [6, 6.07) is 0.189. The molecule has 0 saturated carbocycles. The minimum absolute atomic E-state index is 0.141. The normalized spacial score (nSPS) is 20.7. The number of nitrogens with zero attached hydrogens (tertiary/aromatic N) is 1. The van der Waals surface area contributed by atoms with Crippen molar-refractivity contribution in [3.63, 3.8) is 0 Å². The molecule has 0 amide bonds. The zero-order valence-electron chi connectivity index (χ0n) is 10.9. The van der Waals surface area contributed by atoms with Crippen molar-refractivity contribution >= 4 is 5.97 Å². The van der Waals surface area contributed by atoms with Crippen molar-refractivity contribution in [2.75, 3.05) is 34.4 Å². The van der Waals surface area contributed by atoms with Crippen molar-refractivity contribution in [2.45, 2.75) is 26.3 Å². The van der Waals surface area contributed by atoms with E-state index in [1.165, 1.54) is 7.11 Å². The lowest BCUT2D eigenvalue weighted by molar-refractivity contribution is -0.197. The Morgan fingerprint density at radius 2 is 2.00 bits per heavy atom. The Kier molecular flexibility index (Phi) is 4.33. The van der Waals surface area contributed by atoms with Gasteiger partial charge in [-0.1, -0.05) is 13.8 Å². The molecule has 0 aromatic heterocycles. The van der Waals surface area contributed by atoms with Gasteiger partial charge < -0.3 is 14.4 Å². The molecule has 1 rings (SSSR count). The van der Waals surface area contributed by atoms with Crippen LogP contribution in [0.5, 0.6) is 0 Å². The van der Waals surface area contributed by atoms with Crippen LogP contribution in [0.2, 0.25) is 0 Å². The minimum atomic E-state index is -0.456. The molecule has 1 saturated heterocycles. The number of rotatable bonds is 5. The summed E-state index contributed by atoms with van der Waals surface area (Å²) in [5.74, 6) is 0.410. The van der Waals surface area contributed by atoms with Gasteiger partial charge in [0.25, 0.3) is 0 Å². The second-order valence-electron chi connectivity index (χ2n) is 5.25. The van der Waals surface area contributed by atoms with E-state index in [2.05, 4.69) is 18.7 Å². The van der Waals surface area contributed by atoms with Crippen LogP contribution < -0.4 is 0 Å². The van der Waals surface area contributed by atoms with E-state index < -0.39 is 5.41 Å². The first-order valence-electron chi connectivity index (χ1n) is 5.76. The minimum Gasteiger partial charge on any atom is -0.468 e. The van der Waals surface area contributed by atoms with E-state index in [4.69, 9.17) is 9.47 Å². The molecule has 1 aliphatic rings. The summed E-state index contributed by atoms with van der Waals surface area (Å²) < 4.78 is 10.2. The van der Waals surface area contributed by atoms with Gasteiger partial charge in [-0.15, -0.1) is 0 Å². The van der Waals surface area contributed by atoms with Gasteiger partial charge in [-0.2, -0.15) is 0 Å². The van der Waals surface area contributed by atoms with Gasteiger partial charge in [0.1, 0.15) is 5.41 Å². The van der Waals surface area contributed by atoms with Crippen LogP contribution in [0.4, 0.5) is 0 Å². The standard InChI is InChI=1S/C12H23NO3/c1-9(2)6-10(13(3)4)12(7-16-8-12)11(14)15-5/h9-10H,6-8H2,1-5H3. The summed E-state index contributed by atoms with van der Waals surface area (Å²) in [6.45, 7) is 5.30. The van der Waals surface area contributed by atoms with E-state index in [0.29, 0.717) is 19.1 Å². The summed E-state index contributed by atoms with van der Waals surface area (Å²) in [5, 5.41) is 0. The molecule has 1 aliphatic heterocycles. The van der Waals surface area contributed by atoms with E-state index in [9.17, 15) is 4.79 Å². The van der Waals surface area contributed by atoms with Gasteiger partial charge in [-0.25, -0.2) is 0 Å². The molecule has 94 valence electrons. The van der Waals surface area contributed by atoms with E-state index in [1.54, 1.807) is 0 Å². The molecule has 1 unspecified atom stereocenters. The fourth-order valence-electron chi connectivity index (χ4n) is 2.35. The second-order valence-corrected chi connectivity index (χ2v) is 5.25. The zero-order valence-corrected chi connectivity index (χ0v) is 10.9. The first-order valence-corrected chi connectivity index (χ1v) is 5.76. The molecule has 0 aromatic rings. The van der Waals surface area contributed by atoms with Crippen molar-refractivity contribution in [3.05, 3.63) is 0 Å². The lowest BCUT2D eigenvalue weighted by atomic mass is 9.74. The van der Waals surface area contributed by atoms with E-state index >= 15 is 0 Å². The number of ether oxygens (including phenoxy) is 2. The number of carbonyl (C=O) groups is 1. The van der Waals surface area contributed by atoms with E-state index in [0.717, 1.165) is 6.42 Å². The van der Waals surface area contributed by atoms with E-state index in [-0.39, 0.29) is 12.0 Å². The molecule has 16 heavy (non-hydrogen) atoms. The molecule has 0 radical (unpaired) electrons. The van der Waals surface area contributed by atoms with Crippen molar-refractivity contribution in [2.24, 2.45) is 11.3 Å². The molecular weight excluding hydrogens is 206 g/mol. The van der Waals surface area contributed by atoms with Crippen LogP contribution in [0.3, 0.4) is 0 Å². The maximum Gasteiger partial charge on any atom is 0.318 e. The van der Waals surface area contributed by atoms with Crippen molar-refractivity contribution in [3.8, 4) is 0 Å². The van der Waals surface area contributed by atoms with Crippen LogP contribution in [0.25, 0.3) is 0 Å². The summed E-state index contributed by atoms with van der Waals surface area (Å²) >= 11 is 0. The molecule has 0 aromatic carbocycles. The molecule has 1 heterocycles. The summed E-state index contributed by atoms with van der Waals surface area (Å²) in [7, 11) is 5.47. The Morgan fingerprint density at radius 3 is 2.25 bits per heavy atom. The fraction of sp³-hybridized carbons (Fsp3) is 0.917. The average molecular weight is 229 g/mol. The largest absolute Gasteiger partial charge is 0.468 e. The summed E-state index contributed by atoms with van der Waals surface area (Å²) in [6.07, 6.45) is 0.978. The van der Waals surface area contributed by atoms with Crippen LogP contribution in [-0.2, 0) is 14.3 Å². The third kappa shape index (κ3) is 2.38. The Labute approximate surface area is 97.9 Å². The third-order valence-electron chi connectivity index (χ3n) is 3.27. The van der Waals surface area contributed by atoms with Crippen LogP contribution in [0.1, 0.15) is 20.3 Å². The van der Waals surface area contributed by atoms with Gasteiger partial charge in [0.15, 0.2) is 0 Å². The fourth-order valence-corrected chi connectivity index (χ4v) is 2.35. The monoisotopic (exact) mass is 229 g/mol. The van der Waals surface area contributed by atoms with Crippen LogP contribution in [0, 0.1) is 11.3 Å². The number of hydrogen-bond donors (Lipinski definition) is 0. The molecule has 0 aliphatic carbocycles. The highest BCUT2D eigenvalue weighted by Crippen LogP contribution is 2.38. The summed E-state index contributed by atoms with van der Waals surface area (Å²) in [4.78, 5) is 14.0. The first-order chi connectivity index (χ1) is 7.44. The average Bonchev–Trinajstić information content (AvgIpc) is 2.13. The van der Waals surface area contributed by atoms with Crippen molar-refractivity contribution < 1.29 is 14.3 Å². The highest BCUT2D eigenvalue weighted by atomic mass is 16.5. The van der Waals surface area contributed by atoms with Gasteiger partial charge in [0.05, 0.1) is 20.3 Å². The Bertz CT molecular complexity index is 247. The molecule has 4 heteroatoms. The number of carbonyl (C=O) groups excluding carboxylic acids is 1. The van der Waals surface area contributed by atoms with Crippen molar-refractivity contribution in [1.82, 2.24) is 4.90 Å². The van der Waals surface area contributed by atoms with Crippen LogP contribution in [-0.4, -0.2) is 51.3 Å². The number of esters is 1. The van der Waals surface area contributed by atoms with Gasteiger partial charge in [0.2, 0.25) is 0 Å². The van der Waals surface area contributed by atoms with Crippen molar-refractivity contribution in [1.29, 1.82) is 0 Å². The van der Waals surface area contributed by atoms with E-state index in [1.807, 2.05) is 14.1 Å². The molecule has 0 spiro atoms. The Balaban J connectivity index is 2.85. The maximum absolute atomic E-state index is 11.9. The first kappa shape index (κ1) is 13.5. The highest BCUT2D eigenvalue weighted by molar-refractivity contribution is 5.79. The smallest absolute Gasteiger partial charge is 0.318 e. The number of methoxy groups -OCH3 is 1. The lowest BCUT2D eigenvalue weighted by Crippen LogP contribution is -2.61. The molecule has 1 fully saturated rings. The SMILES string of the molecule is COC(=O)C1(C(CC(C)C)N(C)C)COC1. The van der Waals surface area contributed by atoms with Gasteiger partial charge >= 0.3 is 5.97 Å². The quantitative estimate of drug-likeness (QED) is 0.663. The third-order valence-corrected chi connectivity index (χ3v) is 3.27. The number of hydrogen-bond acceptors (Lipinski definition) is 4. The van der Waals surface area contributed by atoms with Gasteiger partial charge in [-0.05, 0) is 26.4 Å². The van der Waals surface area contributed by atoms with Gasteiger partial charge in [-0.3, -0.25) is 4.79 Å². The molecular formula is C12H23NO3. The van der Waals surface area contributed by atoms with Crippen LogP contribution in [0.15, 0.2) is 0 Å². The van der Waals surface area contributed by atoms with Crippen LogP contribution >= 0.6 is 0 Å². The Hall–Kier alpha value is -0.610. The second kappa shape index (κ2) is 5.15. The predicted octanol–water partition coefficient (Wildman–Crippen LogP) is 1.15. The lowest BCUT2D eigenvalue weighted by Gasteiger charge is -2.47. The van der Waals surface area contributed by atoms with Gasteiger partial charge in [0, 0.05) is 6.04 Å². The molecule has 0 bridgehead atoms. The molecule has 1 atom stereocenters. The highest BCUT2D eigenvalue weighted by Gasteiger charge is 2.53. The zero-order chi connectivity index (χ0) is 12.3. The molecule has 4 nitrogen and oxygen atoms in total. The molecule has 0 N–H and O–H groups in total. The summed E-state index contributed by atoms with van der Waals surface area (Å²) in [5.41, 5.74) is -0.456.